The molecule has 24 heavy (non-hydrogen) atoms. The van der Waals surface area contributed by atoms with Crippen LogP contribution in [0.1, 0.15) is 17.0 Å². The van der Waals surface area contributed by atoms with Gasteiger partial charge in [0.05, 0.1) is 24.1 Å². The van der Waals surface area contributed by atoms with Crippen LogP contribution in [0.2, 0.25) is 0 Å². The lowest BCUT2D eigenvalue weighted by atomic mass is 10.1. The number of H-pyrrole nitrogens is 1. The summed E-state index contributed by atoms with van der Waals surface area (Å²) >= 11 is 0. The van der Waals surface area contributed by atoms with Crippen molar-refractivity contribution in [2.75, 3.05) is 6.54 Å². The van der Waals surface area contributed by atoms with E-state index in [2.05, 4.69) is 26.3 Å². The normalized spacial score (nSPS) is 14.3. The third-order valence-corrected chi connectivity index (χ3v) is 4.22. The SMILES string of the molecule is N#Cc1cc2n(n1)CCN(Cc1cn[nH]c1-c1cccc(F)c1)C2. The molecule has 0 bridgehead atoms. The maximum atomic E-state index is 13.5. The van der Waals surface area contributed by atoms with Gasteiger partial charge in [0, 0.05) is 30.8 Å². The molecule has 1 aromatic carbocycles. The van der Waals surface area contributed by atoms with Gasteiger partial charge >= 0.3 is 0 Å². The van der Waals surface area contributed by atoms with Crippen molar-refractivity contribution in [2.24, 2.45) is 0 Å². The fraction of sp³-hybridized carbons (Fsp3) is 0.235. The molecule has 120 valence electrons. The first kappa shape index (κ1) is 14.6. The maximum Gasteiger partial charge on any atom is 0.162 e. The van der Waals surface area contributed by atoms with E-state index in [4.69, 9.17) is 5.26 Å². The first-order chi connectivity index (χ1) is 11.7. The number of benzene rings is 1. The number of nitriles is 1. The lowest BCUT2D eigenvalue weighted by Gasteiger charge is -2.27. The topological polar surface area (TPSA) is 73.5 Å². The van der Waals surface area contributed by atoms with Gasteiger partial charge in [-0.2, -0.15) is 15.5 Å². The van der Waals surface area contributed by atoms with Gasteiger partial charge in [0.1, 0.15) is 11.9 Å². The van der Waals surface area contributed by atoms with Crippen molar-refractivity contribution in [1.29, 1.82) is 5.26 Å². The average molecular weight is 322 g/mol. The second-order valence-corrected chi connectivity index (χ2v) is 5.85. The zero-order valence-corrected chi connectivity index (χ0v) is 12.9. The van der Waals surface area contributed by atoms with Crippen LogP contribution in [0.15, 0.2) is 36.5 Å². The molecule has 1 aliphatic heterocycles. The number of rotatable bonds is 3. The Kier molecular flexibility index (Phi) is 3.59. The number of nitrogens with zero attached hydrogens (tertiary/aromatic N) is 5. The summed E-state index contributed by atoms with van der Waals surface area (Å²) in [7, 11) is 0. The molecule has 0 fully saturated rings. The van der Waals surface area contributed by atoms with E-state index in [1.165, 1.54) is 12.1 Å². The molecular formula is C17H15FN6. The highest BCUT2D eigenvalue weighted by Gasteiger charge is 2.20. The lowest BCUT2D eigenvalue weighted by molar-refractivity contribution is 0.205. The van der Waals surface area contributed by atoms with Crippen LogP contribution in [-0.4, -0.2) is 31.4 Å². The predicted octanol–water partition coefficient (Wildman–Crippen LogP) is 2.30. The first-order valence-electron chi connectivity index (χ1n) is 7.70. The molecule has 0 atom stereocenters. The summed E-state index contributed by atoms with van der Waals surface area (Å²) in [6, 6.07) is 10.4. The molecule has 6 nitrogen and oxygen atoms in total. The van der Waals surface area contributed by atoms with Crippen molar-refractivity contribution >= 4 is 0 Å². The fourth-order valence-corrected chi connectivity index (χ4v) is 3.08. The van der Waals surface area contributed by atoms with E-state index in [1.807, 2.05) is 16.8 Å². The molecule has 0 spiro atoms. The summed E-state index contributed by atoms with van der Waals surface area (Å²) < 4.78 is 15.4. The summed E-state index contributed by atoms with van der Waals surface area (Å²) in [4.78, 5) is 2.27. The van der Waals surface area contributed by atoms with Crippen LogP contribution in [0, 0.1) is 17.1 Å². The van der Waals surface area contributed by atoms with Gasteiger partial charge in [-0.25, -0.2) is 4.39 Å². The van der Waals surface area contributed by atoms with Crippen molar-refractivity contribution in [3.05, 3.63) is 59.3 Å². The number of aromatic amines is 1. The largest absolute Gasteiger partial charge is 0.291 e. The molecule has 0 saturated heterocycles. The number of aromatic nitrogens is 4. The minimum atomic E-state index is -0.265. The molecule has 0 unspecified atom stereocenters. The van der Waals surface area contributed by atoms with Crippen molar-refractivity contribution in [3.63, 3.8) is 0 Å². The Balaban J connectivity index is 1.55. The molecular weight excluding hydrogens is 307 g/mol. The van der Waals surface area contributed by atoms with Crippen molar-refractivity contribution in [1.82, 2.24) is 24.9 Å². The van der Waals surface area contributed by atoms with E-state index in [-0.39, 0.29) is 5.82 Å². The van der Waals surface area contributed by atoms with Gasteiger partial charge in [0.25, 0.3) is 0 Å². The Morgan fingerprint density at radius 1 is 1.29 bits per heavy atom. The quantitative estimate of drug-likeness (QED) is 0.803. The van der Waals surface area contributed by atoms with E-state index in [0.29, 0.717) is 12.2 Å². The zero-order chi connectivity index (χ0) is 16.5. The highest BCUT2D eigenvalue weighted by molar-refractivity contribution is 5.62. The molecule has 0 amide bonds. The molecule has 2 aromatic heterocycles. The van der Waals surface area contributed by atoms with Crippen LogP contribution in [0.25, 0.3) is 11.3 Å². The number of halogens is 1. The van der Waals surface area contributed by atoms with Gasteiger partial charge in [-0.3, -0.25) is 14.7 Å². The minimum Gasteiger partial charge on any atom is -0.291 e. The first-order valence-corrected chi connectivity index (χ1v) is 7.70. The summed E-state index contributed by atoms with van der Waals surface area (Å²) in [6.45, 7) is 3.02. The highest BCUT2D eigenvalue weighted by atomic mass is 19.1. The summed E-state index contributed by atoms with van der Waals surface area (Å²) in [5, 5.41) is 20.3. The molecule has 0 saturated carbocycles. The van der Waals surface area contributed by atoms with Gasteiger partial charge in [0.2, 0.25) is 0 Å². The van der Waals surface area contributed by atoms with E-state index >= 15 is 0 Å². The molecule has 3 aromatic rings. The Morgan fingerprint density at radius 2 is 2.21 bits per heavy atom. The second kappa shape index (κ2) is 5.91. The van der Waals surface area contributed by atoms with Crippen LogP contribution in [-0.2, 0) is 19.6 Å². The van der Waals surface area contributed by atoms with Crippen molar-refractivity contribution in [2.45, 2.75) is 19.6 Å². The Morgan fingerprint density at radius 3 is 3.04 bits per heavy atom. The van der Waals surface area contributed by atoms with Crippen LogP contribution < -0.4 is 0 Å². The van der Waals surface area contributed by atoms with E-state index in [9.17, 15) is 4.39 Å². The van der Waals surface area contributed by atoms with Crippen LogP contribution in [0.4, 0.5) is 4.39 Å². The van der Waals surface area contributed by atoms with E-state index < -0.39 is 0 Å². The molecule has 0 radical (unpaired) electrons. The number of nitrogens with one attached hydrogen (secondary N) is 1. The average Bonchev–Trinajstić information content (AvgIpc) is 3.20. The number of hydrogen-bond donors (Lipinski definition) is 1. The third kappa shape index (κ3) is 2.68. The minimum absolute atomic E-state index is 0.265. The van der Waals surface area contributed by atoms with Gasteiger partial charge in [0.15, 0.2) is 5.69 Å². The monoisotopic (exact) mass is 322 g/mol. The Hall–Kier alpha value is -2.98. The smallest absolute Gasteiger partial charge is 0.162 e. The van der Waals surface area contributed by atoms with Crippen molar-refractivity contribution in [3.8, 4) is 17.3 Å². The second-order valence-electron chi connectivity index (χ2n) is 5.85. The molecule has 0 aliphatic carbocycles. The van der Waals surface area contributed by atoms with Crippen LogP contribution >= 0.6 is 0 Å². The van der Waals surface area contributed by atoms with E-state index in [1.54, 1.807) is 12.3 Å². The van der Waals surface area contributed by atoms with Crippen LogP contribution in [0.3, 0.4) is 0 Å². The van der Waals surface area contributed by atoms with Gasteiger partial charge < -0.3 is 0 Å². The van der Waals surface area contributed by atoms with Gasteiger partial charge in [-0.05, 0) is 18.2 Å². The molecule has 3 heterocycles. The number of fused-ring (bicyclic) bond motifs is 1. The fourth-order valence-electron chi connectivity index (χ4n) is 3.08. The highest BCUT2D eigenvalue weighted by Crippen LogP contribution is 2.24. The standard InChI is InChI=1S/C17H15FN6/c18-14-3-1-2-12(6-14)17-13(9-20-21-17)10-23-4-5-24-16(11-23)7-15(8-19)22-24/h1-3,6-7,9H,4-5,10-11H2,(H,20,21). The zero-order valence-electron chi connectivity index (χ0n) is 12.9. The Labute approximate surface area is 138 Å². The molecule has 4 rings (SSSR count). The van der Waals surface area contributed by atoms with Gasteiger partial charge in [-0.1, -0.05) is 12.1 Å². The number of hydrogen-bond acceptors (Lipinski definition) is 4. The molecule has 1 aliphatic rings. The summed E-state index contributed by atoms with van der Waals surface area (Å²) in [5.74, 6) is -0.265. The molecule has 7 heteroatoms. The van der Waals surface area contributed by atoms with Crippen molar-refractivity contribution < 1.29 is 4.39 Å². The lowest BCUT2D eigenvalue weighted by Crippen LogP contribution is -2.33. The van der Waals surface area contributed by atoms with Gasteiger partial charge in [-0.15, -0.1) is 0 Å². The molecule has 1 N–H and O–H groups in total. The Bertz CT molecular complexity index is 919. The summed E-state index contributed by atoms with van der Waals surface area (Å²) in [5.41, 5.74) is 4.14. The maximum absolute atomic E-state index is 13.5. The van der Waals surface area contributed by atoms with E-state index in [0.717, 1.165) is 42.1 Å². The predicted molar refractivity (Wildman–Crippen MR) is 85.0 cm³/mol. The summed E-state index contributed by atoms with van der Waals surface area (Å²) in [6.07, 6.45) is 1.78. The van der Waals surface area contributed by atoms with Crippen LogP contribution in [0.5, 0.6) is 0 Å². The third-order valence-electron chi connectivity index (χ3n) is 4.22.